The van der Waals surface area contributed by atoms with Crippen LogP contribution in [0.1, 0.15) is 309 Å². The second-order valence-electron chi connectivity index (χ2n) is 20.0. The van der Waals surface area contributed by atoms with Gasteiger partial charge in [0.1, 0.15) is 0 Å². The molecule has 0 aliphatic heterocycles. The van der Waals surface area contributed by atoms with Gasteiger partial charge in [0.25, 0.3) is 0 Å². The van der Waals surface area contributed by atoms with Crippen molar-refractivity contribution < 1.29 is 24.5 Å². The summed E-state index contributed by atoms with van der Waals surface area (Å²) in [7, 11) is 0. The molecule has 0 aromatic rings. The molecule has 388 valence electrons. The fraction of sp³-hybridized carbons (Fsp3) is 0.867. The van der Waals surface area contributed by atoms with E-state index in [1.807, 2.05) is 0 Å². The molecule has 0 aliphatic rings. The second kappa shape index (κ2) is 55.7. The van der Waals surface area contributed by atoms with Gasteiger partial charge in [-0.1, -0.05) is 249 Å². The number of hydrogen-bond donors (Lipinski definition) is 3. The van der Waals surface area contributed by atoms with Crippen molar-refractivity contribution in [3.8, 4) is 0 Å². The van der Waals surface area contributed by atoms with Gasteiger partial charge in [-0.05, 0) is 83.5 Å². The molecule has 66 heavy (non-hydrogen) atoms. The third kappa shape index (κ3) is 51.5. The van der Waals surface area contributed by atoms with Crippen LogP contribution in [0.15, 0.2) is 36.5 Å². The van der Waals surface area contributed by atoms with Crippen molar-refractivity contribution in [3.05, 3.63) is 36.5 Å². The van der Waals surface area contributed by atoms with Gasteiger partial charge in [0, 0.05) is 12.8 Å². The molecular formula is C60H113NO5. The predicted octanol–water partition coefficient (Wildman–Crippen LogP) is 18.0. The summed E-state index contributed by atoms with van der Waals surface area (Å²) in [5.41, 5.74) is 0. The number of allylic oxidation sites excluding steroid dienone is 6. The highest BCUT2D eigenvalue weighted by Crippen LogP contribution is 2.17. The maximum Gasteiger partial charge on any atom is 0.305 e. The van der Waals surface area contributed by atoms with Crippen LogP contribution in [0, 0.1) is 0 Å². The number of carbonyl (C=O) groups is 2. The molecule has 0 aromatic carbocycles. The van der Waals surface area contributed by atoms with Gasteiger partial charge in [-0.15, -0.1) is 0 Å². The molecule has 2 unspecified atom stereocenters. The van der Waals surface area contributed by atoms with E-state index in [-0.39, 0.29) is 18.5 Å². The SMILES string of the molecule is CCCCC/C=C\C/C=C\CCCCCCCC(=O)OCCCCCCCC/C=C\CCCCCCCCCC(=O)NC(CO)C(O)CCCCCCCCCCCCCCCCCCC. The molecule has 2 atom stereocenters. The maximum absolute atomic E-state index is 12.5. The highest BCUT2D eigenvalue weighted by atomic mass is 16.5. The van der Waals surface area contributed by atoms with Crippen molar-refractivity contribution >= 4 is 11.9 Å². The highest BCUT2D eigenvalue weighted by Gasteiger charge is 2.20. The minimum atomic E-state index is -0.673. The molecule has 0 radical (unpaired) electrons. The highest BCUT2D eigenvalue weighted by molar-refractivity contribution is 5.76. The van der Waals surface area contributed by atoms with Crippen LogP contribution in [0.4, 0.5) is 0 Å². The topological polar surface area (TPSA) is 95.9 Å². The minimum Gasteiger partial charge on any atom is -0.466 e. The van der Waals surface area contributed by atoms with Crippen molar-refractivity contribution in [2.24, 2.45) is 0 Å². The molecule has 3 N–H and O–H groups in total. The number of ether oxygens (including phenoxy) is 1. The molecular weight excluding hydrogens is 815 g/mol. The van der Waals surface area contributed by atoms with Crippen LogP contribution in [0.3, 0.4) is 0 Å². The monoisotopic (exact) mass is 928 g/mol. The third-order valence-electron chi connectivity index (χ3n) is 13.4. The summed E-state index contributed by atoms with van der Waals surface area (Å²) in [6.45, 7) is 4.91. The first-order valence-corrected chi connectivity index (χ1v) is 29.2. The van der Waals surface area contributed by atoms with E-state index in [2.05, 4.69) is 55.6 Å². The average molecular weight is 929 g/mol. The Morgan fingerprint density at radius 2 is 0.758 bits per heavy atom. The number of aliphatic hydroxyl groups is 2. The first kappa shape index (κ1) is 64.1. The number of unbranched alkanes of at least 4 members (excludes halogenated alkanes) is 37. The van der Waals surface area contributed by atoms with Crippen LogP contribution in [0.2, 0.25) is 0 Å². The summed E-state index contributed by atoms with van der Waals surface area (Å²) in [6.07, 6.45) is 68.4. The molecule has 0 saturated heterocycles. The Kier molecular flexibility index (Phi) is 54.1. The maximum atomic E-state index is 12.5. The lowest BCUT2D eigenvalue weighted by Gasteiger charge is -2.22. The molecule has 0 heterocycles. The van der Waals surface area contributed by atoms with E-state index in [1.165, 1.54) is 212 Å². The van der Waals surface area contributed by atoms with E-state index in [4.69, 9.17) is 4.74 Å². The number of esters is 1. The van der Waals surface area contributed by atoms with Gasteiger partial charge in [-0.25, -0.2) is 0 Å². The smallest absolute Gasteiger partial charge is 0.305 e. The molecule has 0 bridgehead atoms. The zero-order chi connectivity index (χ0) is 47.9. The Hall–Kier alpha value is -1.92. The van der Waals surface area contributed by atoms with Crippen LogP contribution in [0.25, 0.3) is 0 Å². The third-order valence-corrected chi connectivity index (χ3v) is 13.4. The van der Waals surface area contributed by atoms with Crippen LogP contribution < -0.4 is 5.32 Å². The van der Waals surface area contributed by atoms with Crippen molar-refractivity contribution in [3.63, 3.8) is 0 Å². The number of carbonyl (C=O) groups excluding carboxylic acids is 2. The summed E-state index contributed by atoms with van der Waals surface area (Å²) >= 11 is 0. The molecule has 0 fully saturated rings. The number of nitrogens with one attached hydrogen (secondary N) is 1. The van der Waals surface area contributed by atoms with Crippen molar-refractivity contribution in [2.45, 2.75) is 321 Å². The Balaban J connectivity index is 3.47. The minimum absolute atomic E-state index is 0.0158. The molecule has 0 aliphatic carbocycles. The Labute approximate surface area is 411 Å². The van der Waals surface area contributed by atoms with E-state index in [0.29, 0.717) is 25.9 Å². The molecule has 0 rings (SSSR count). The fourth-order valence-electron chi connectivity index (χ4n) is 8.90. The lowest BCUT2D eigenvalue weighted by atomic mass is 10.0. The fourth-order valence-corrected chi connectivity index (χ4v) is 8.90. The molecule has 6 heteroatoms. The lowest BCUT2D eigenvalue weighted by molar-refractivity contribution is -0.143. The van der Waals surface area contributed by atoms with Crippen molar-refractivity contribution in [2.75, 3.05) is 13.2 Å². The summed E-state index contributed by atoms with van der Waals surface area (Å²) in [5, 5.41) is 23.3. The summed E-state index contributed by atoms with van der Waals surface area (Å²) in [4.78, 5) is 24.5. The number of hydrogen-bond acceptors (Lipinski definition) is 5. The largest absolute Gasteiger partial charge is 0.466 e. The van der Waals surface area contributed by atoms with Gasteiger partial charge in [-0.3, -0.25) is 9.59 Å². The average Bonchev–Trinajstić information content (AvgIpc) is 3.32. The number of rotatable bonds is 54. The van der Waals surface area contributed by atoms with E-state index in [9.17, 15) is 19.8 Å². The Morgan fingerprint density at radius 3 is 1.20 bits per heavy atom. The van der Waals surface area contributed by atoms with Crippen LogP contribution in [-0.2, 0) is 14.3 Å². The second-order valence-corrected chi connectivity index (χ2v) is 20.0. The van der Waals surface area contributed by atoms with Crippen LogP contribution in [0.5, 0.6) is 0 Å². The van der Waals surface area contributed by atoms with E-state index < -0.39 is 12.1 Å². The van der Waals surface area contributed by atoms with Gasteiger partial charge in [-0.2, -0.15) is 0 Å². The summed E-state index contributed by atoms with van der Waals surface area (Å²) in [6, 6.07) is -0.551. The van der Waals surface area contributed by atoms with E-state index >= 15 is 0 Å². The van der Waals surface area contributed by atoms with Gasteiger partial charge >= 0.3 is 5.97 Å². The standard InChI is InChI=1S/C60H113NO5/c1-3-5-7-9-11-13-15-17-19-21-25-28-32-36-40-44-48-52-58(63)57(56-62)61-59(64)53-49-45-41-37-33-29-26-22-20-23-27-31-35-39-43-47-51-55-66-60(65)54-50-46-42-38-34-30-24-18-16-14-12-10-8-6-4-2/h12,14,18,20,23-24,57-58,62-63H,3-11,13,15-17,19,21-22,25-56H2,1-2H3,(H,61,64)/b14-12-,23-20-,24-18-. The van der Waals surface area contributed by atoms with Crippen LogP contribution >= 0.6 is 0 Å². The number of aliphatic hydroxyl groups excluding tert-OH is 2. The van der Waals surface area contributed by atoms with Crippen molar-refractivity contribution in [1.29, 1.82) is 0 Å². The molecule has 1 amide bonds. The molecule has 6 nitrogen and oxygen atoms in total. The quantitative estimate of drug-likeness (QED) is 0.0321. The van der Waals surface area contributed by atoms with E-state index in [1.54, 1.807) is 0 Å². The van der Waals surface area contributed by atoms with Gasteiger partial charge in [0.2, 0.25) is 5.91 Å². The normalized spacial score (nSPS) is 12.8. The lowest BCUT2D eigenvalue weighted by Crippen LogP contribution is -2.45. The van der Waals surface area contributed by atoms with Crippen molar-refractivity contribution in [1.82, 2.24) is 5.32 Å². The first-order valence-electron chi connectivity index (χ1n) is 29.2. The zero-order valence-corrected chi connectivity index (χ0v) is 44.2. The number of amides is 1. The molecule has 0 saturated carbocycles. The van der Waals surface area contributed by atoms with Gasteiger partial charge in [0.15, 0.2) is 0 Å². The van der Waals surface area contributed by atoms with Gasteiger partial charge < -0.3 is 20.3 Å². The van der Waals surface area contributed by atoms with Gasteiger partial charge in [0.05, 0.1) is 25.4 Å². The summed E-state index contributed by atoms with van der Waals surface area (Å²) < 4.78 is 5.46. The summed E-state index contributed by atoms with van der Waals surface area (Å²) in [5.74, 6) is -0.0619. The molecule has 0 spiro atoms. The predicted molar refractivity (Wildman–Crippen MR) is 287 cm³/mol. The van der Waals surface area contributed by atoms with E-state index in [0.717, 1.165) is 64.2 Å². The Morgan fingerprint density at radius 1 is 0.424 bits per heavy atom. The Bertz CT molecular complexity index is 1070. The first-order chi connectivity index (χ1) is 32.5. The molecule has 0 aromatic heterocycles. The zero-order valence-electron chi connectivity index (χ0n) is 44.2. The van der Waals surface area contributed by atoms with Crippen LogP contribution in [-0.4, -0.2) is 47.4 Å².